The Morgan fingerprint density at radius 2 is 2.14 bits per heavy atom. The summed E-state index contributed by atoms with van der Waals surface area (Å²) >= 11 is 3.18. The minimum absolute atomic E-state index is 0.540. The maximum atomic E-state index is 5.21. The molecule has 1 N–H and O–H groups in total. The van der Waals surface area contributed by atoms with Crippen molar-refractivity contribution in [3.05, 3.63) is 29.0 Å². The fourth-order valence-corrected chi connectivity index (χ4v) is 1.47. The standard InChI is InChI=1S/C9H8BrN3O/c1-14-7-5-3-2-4-6(7)8-11-9(10)13-12-8/h2-5H,1H3,(H,11,12,13). The molecule has 0 amide bonds. The summed E-state index contributed by atoms with van der Waals surface area (Å²) in [6.45, 7) is 0. The minimum atomic E-state index is 0.540. The lowest BCUT2D eigenvalue weighted by Gasteiger charge is -2.03. The molecule has 1 heterocycles. The lowest BCUT2D eigenvalue weighted by atomic mass is 10.2. The van der Waals surface area contributed by atoms with Gasteiger partial charge in [-0.25, -0.2) is 4.98 Å². The molecule has 4 nitrogen and oxygen atoms in total. The summed E-state index contributed by atoms with van der Waals surface area (Å²) in [5.74, 6) is 1.46. The maximum absolute atomic E-state index is 5.21. The van der Waals surface area contributed by atoms with Gasteiger partial charge in [-0.1, -0.05) is 12.1 Å². The second-order valence-corrected chi connectivity index (χ2v) is 3.36. The van der Waals surface area contributed by atoms with E-state index in [1.807, 2.05) is 24.3 Å². The number of halogens is 1. The summed E-state index contributed by atoms with van der Waals surface area (Å²) in [5, 5.41) is 6.70. The quantitative estimate of drug-likeness (QED) is 0.894. The van der Waals surface area contributed by atoms with E-state index < -0.39 is 0 Å². The Bertz CT molecular complexity index is 441. The Balaban J connectivity index is 2.50. The number of ether oxygens (including phenoxy) is 1. The molecule has 0 fully saturated rings. The number of rotatable bonds is 2. The highest BCUT2D eigenvalue weighted by molar-refractivity contribution is 9.10. The van der Waals surface area contributed by atoms with Crippen molar-refractivity contribution in [1.29, 1.82) is 0 Å². The fraction of sp³-hybridized carbons (Fsp3) is 0.111. The van der Waals surface area contributed by atoms with Crippen molar-refractivity contribution >= 4 is 15.9 Å². The number of para-hydroxylation sites is 1. The molecule has 0 atom stereocenters. The van der Waals surface area contributed by atoms with Crippen LogP contribution in [0.1, 0.15) is 0 Å². The molecule has 5 heteroatoms. The molecule has 0 unspecified atom stereocenters. The van der Waals surface area contributed by atoms with Crippen LogP contribution in [0.2, 0.25) is 0 Å². The van der Waals surface area contributed by atoms with Crippen molar-refractivity contribution in [2.24, 2.45) is 0 Å². The highest BCUT2D eigenvalue weighted by Crippen LogP contribution is 2.26. The third-order valence-corrected chi connectivity index (χ3v) is 2.17. The molecule has 72 valence electrons. The number of hydrogen-bond acceptors (Lipinski definition) is 3. The molecular weight excluding hydrogens is 246 g/mol. The predicted molar refractivity (Wildman–Crippen MR) is 56.1 cm³/mol. The van der Waals surface area contributed by atoms with Crippen LogP contribution < -0.4 is 4.74 Å². The van der Waals surface area contributed by atoms with Gasteiger partial charge in [0.1, 0.15) is 5.75 Å². The van der Waals surface area contributed by atoms with Crippen LogP contribution in [0.3, 0.4) is 0 Å². The SMILES string of the molecule is COc1ccccc1-c1nc(Br)n[nH]1. The number of methoxy groups -OCH3 is 1. The third kappa shape index (κ3) is 1.63. The Morgan fingerprint density at radius 1 is 1.36 bits per heavy atom. The van der Waals surface area contributed by atoms with E-state index in [-0.39, 0.29) is 0 Å². The molecule has 0 radical (unpaired) electrons. The summed E-state index contributed by atoms with van der Waals surface area (Å²) < 4.78 is 5.75. The van der Waals surface area contributed by atoms with E-state index in [1.54, 1.807) is 7.11 Å². The Kier molecular flexibility index (Phi) is 2.49. The summed E-state index contributed by atoms with van der Waals surface area (Å²) in [4.78, 5) is 4.16. The van der Waals surface area contributed by atoms with Crippen LogP contribution in [-0.2, 0) is 0 Å². The maximum Gasteiger partial charge on any atom is 0.217 e. The molecule has 0 spiro atoms. The number of H-pyrrole nitrogens is 1. The first kappa shape index (κ1) is 9.21. The number of nitrogens with zero attached hydrogens (tertiary/aromatic N) is 2. The Morgan fingerprint density at radius 3 is 2.79 bits per heavy atom. The Labute approximate surface area is 89.5 Å². The lowest BCUT2D eigenvalue weighted by molar-refractivity contribution is 0.416. The zero-order chi connectivity index (χ0) is 9.97. The first-order chi connectivity index (χ1) is 6.81. The predicted octanol–water partition coefficient (Wildman–Crippen LogP) is 2.24. The number of nitrogens with one attached hydrogen (secondary N) is 1. The number of aromatic amines is 1. The first-order valence-electron chi connectivity index (χ1n) is 4.02. The summed E-state index contributed by atoms with van der Waals surface area (Å²) in [6.07, 6.45) is 0. The first-order valence-corrected chi connectivity index (χ1v) is 4.82. The minimum Gasteiger partial charge on any atom is -0.496 e. The molecule has 0 bridgehead atoms. The highest BCUT2D eigenvalue weighted by Gasteiger charge is 2.08. The van der Waals surface area contributed by atoms with Crippen LogP contribution in [0, 0.1) is 0 Å². The van der Waals surface area contributed by atoms with Crippen molar-refractivity contribution in [1.82, 2.24) is 15.2 Å². The lowest BCUT2D eigenvalue weighted by Crippen LogP contribution is -1.88. The van der Waals surface area contributed by atoms with E-state index in [4.69, 9.17) is 4.74 Å². The second kappa shape index (κ2) is 3.79. The van der Waals surface area contributed by atoms with Crippen LogP contribution in [0.15, 0.2) is 29.0 Å². The Hall–Kier alpha value is -1.36. The average molecular weight is 254 g/mol. The van der Waals surface area contributed by atoms with Crippen LogP contribution in [0.4, 0.5) is 0 Å². The molecule has 14 heavy (non-hydrogen) atoms. The largest absolute Gasteiger partial charge is 0.496 e. The number of benzene rings is 1. The summed E-state index contributed by atoms with van der Waals surface area (Å²) in [6, 6.07) is 7.64. The van der Waals surface area contributed by atoms with Gasteiger partial charge >= 0.3 is 0 Å². The van der Waals surface area contributed by atoms with Gasteiger partial charge in [0.2, 0.25) is 4.73 Å². The highest BCUT2D eigenvalue weighted by atomic mass is 79.9. The molecule has 1 aromatic carbocycles. The molecule has 2 rings (SSSR count). The smallest absolute Gasteiger partial charge is 0.217 e. The van der Waals surface area contributed by atoms with Crippen molar-refractivity contribution in [3.63, 3.8) is 0 Å². The van der Waals surface area contributed by atoms with Crippen LogP contribution in [-0.4, -0.2) is 22.3 Å². The van der Waals surface area contributed by atoms with Crippen LogP contribution in [0.5, 0.6) is 5.75 Å². The summed E-state index contributed by atoms with van der Waals surface area (Å²) in [5.41, 5.74) is 0.896. The molecule has 0 aliphatic carbocycles. The van der Waals surface area contributed by atoms with Gasteiger partial charge in [0.15, 0.2) is 5.82 Å². The van der Waals surface area contributed by atoms with E-state index in [0.717, 1.165) is 11.3 Å². The van der Waals surface area contributed by atoms with E-state index in [9.17, 15) is 0 Å². The van der Waals surface area contributed by atoms with Gasteiger partial charge < -0.3 is 4.74 Å². The van der Waals surface area contributed by atoms with Gasteiger partial charge in [0.05, 0.1) is 12.7 Å². The van der Waals surface area contributed by atoms with E-state index >= 15 is 0 Å². The molecule has 0 aliphatic heterocycles. The zero-order valence-electron chi connectivity index (χ0n) is 7.49. The number of aromatic nitrogens is 3. The van der Waals surface area contributed by atoms with Crippen molar-refractivity contribution in [2.45, 2.75) is 0 Å². The van der Waals surface area contributed by atoms with E-state index in [2.05, 4.69) is 31.1 Å². The van der Waals surface area contributed by atoms with Gasteiger partial charge in [-0.15, -0.1) is 5.10 Å². The number of hydrogen-bond donors (Lipinski definition) is 1. The molecule has 1 aromatic heterocycles. The third-order valence-electron chi connectivity index (χ3n) is 1.82. The van der Waals surface area contributed by atoms with Gasteiger partial charge in [0, 0.05) is 0 Å². The van der Waals surface area contributed by atoms with Gasteiger partial charge in [-0.2, -0.15) is 0 Å². The molecule has 0 saturated carbocycles. The van der Waals surface area contributed by atoms with E-state index in [1.165, 1.54) is 0 Å². The average Bonchev–Trinajstić information content (AvgIpc) is 2.65. The fourth-order valence-electron chi connectivity index (χ4n) is 1.20. The normalized spacial score (nSPS) is 10.1. The topological polar surface area (TPSA) is 50.8 Å². The van der Waals surface area contributed by atoms with Gasteiger partial charge in [0.25, 0.3) is 0 Å². The van der Waals surface area contributed by atoms with Crippen molar-refractivity contribution in [3.8, 4) is 17.1 Å². The monoisotopic (exact) mass is 253 g/mol. The van der Waals surface area contributed by atoms with E-state index in [0.29, 0.717) is 10.6 Å². The van der Waals surface area contributed by atoms with Crippen molar-refractivity contribution < 1.29 is 4.74 Å². The molecular formula is C9H8BrN3O. The molecule has 2 aromatic rings. The van der Waals surface area contributed by atoms with Crippen molar-refractivity contribution in [2.75, 3.05) is 7.11 Å². The van der Waals surface area contributed by atoms with Crippen LogP contribution >= 0.6 is 15.9 Å². The van der Waals surface area contributed by atoms with Gasteiger partial charge in [-0.3, -0.25) is 5.10 Å². The molecule has 0 saturated heterocycles. The zero-order valence-corrected chi connectivity index (χ0v) is 9.08. The van der Waals surface area contributed by atoms with Gasteiger partial charge in [-0.05, 0) is 28.1 Å². The molecule has 0 aliphatic rings. The van der Waals surface area contributed by atoms with Crippen LogP contribution in [0.25, 0.3) is 11.4 Å². The second-order valence-electron chi connectivity index (χ2n) is 2.65. The summed E-state index contributed by atoms with van der Waals surface area (Å²) in [7, 11) is 1.63.